The van der Waals surface area contributed by atoms with E-state index >= 15 is 0 Å². The van der Waals surface area contributed by atoms with Gasteiger partial charge in [-0.05, 0) is 36.7 Å². The van der Waals surface area contributed by atoms with Crippen LogP contribution in [0.1, 0.15) is 11.1 Å². The van der Waals surface area contributed by atoms with E-state index in [1.165, 1.54) is 5.56 Å². The fourth-order valence-electron chi connectivity index (χ4n) is 2.64. The van der Waals surface area contributed by atoms with Crippen LogP contribution >= 0.6 is 0 Å². The highest BCUT2D eigenvalue weighted by atomic mass is 16.5. The molecule has 2 aromatic carbocycles. The van der Waals surface area contributed by atoms with Gasteiger partial charge in [-0.25, -0.2) is 0 Å². The van der Waals surface area contributed by atoms with Crippen molar-refractivity contribution in [3.63, 3.8) is 0 Å². The van der Waals surface area contributed by atoms with Crippen molar-refractivity contribution in [2.75, 3.05) is 34.4 Å². The van der Waals surface area contributed by atoms with E-state index < -0.39 is 0 Å². The Labute approximate surface area is 149 Å². The van der Waals surface area contributed by atoms with Crippen molar-refractivity contribution < 1.29 is 14.3 Å². The lowest BCUT2D eigenvalue weighted by Gasteiger charge is -2.17. The molecule has 0 spiro atoms. The number of likely N-dealkylation sites (N-methyl/N-ethyl adjacent to an activating group) is 1. The van der Waals surface area contributed by atoms with Crippen LogP contribution in [0, 0.1) is 0 Å². The van der Waals surface area contributed by atoms with Gasteiger partial charge >= 0.3 is 0 Å². The number of hydrogen-bond acceptors (Lipinski definition) is 4. The molecule has 134 valence electrons. The minimum absolute atomic E-state index is 0.0268. The summed E-state index contributed by atoms with van der Waals surface area (Å²) >= 11 is 0. The summed E-state index contributed by atoms with van der Waals surface area (Å²) in [5.41, 5.74) is 2.29. The minimum atomic E-state index is 0.0268. The minimum Gasteiger partial charge on any atom is -0.493 e. The van der Waals surface area contributed by atoms with Crippen molar-refractivity contribution in [3.8, 4) is 11.5 Å². The molecule has 2 rings (SSSR count). The highest BCUT2D eigenvalue weighted by Gasteiger charge is 2.09. The third-order valence-electron chi connectivity index (χ3n) is 3.89. The monoisotopic (exact) mass is 342 g/mol. The Bertz CT molecular complexity index is 674. The first kappa shape index (κ1) is 18.8. The third-order valence-corrected chi connectivity index (χ3v) is 3.89. The van der Waals surface area contributed by atoms with E-state index in [-0.39, 0.29) is 5.91 Å². The van der Waals surface area contributed by atoms with Gasteiger partial charge in [0.1, 0.15) is 0 Å². The molecule has 5 nitrogen and oxygen atoms in total. The van der Waals surface area contributed by atoms with Crippen LogP contribution in [-0.2, 0) is 17.8 Å². The zero-order chi connectivity index (χ0) is 18.1. The fourth-order valence-corrected chi connectivity index (χ4v) is 2.64. The van der Waals surface area contributed by atoms with Crippen molar-refractivity contribution in [2.24, 2.45) is 0 Å². The summed E-state index contributed by atoms with van der Waals surface area (Å²) in [6.45, 7) is 1.66. The van der Waals surface area contributed by atoms with E-state index in [1.807, 2.05) is 48.3 Å². The highest BCUT2D eigenvalue weighted by molar-refractivity contribution is 5.77. The number of nitrogens with one attached hydrogen (secondary N) is 1. The number of hydrogen-bond donors (Lipinski definition) is 1. The summed E-state index contributed by atoms with van der Waals surface area (Å²) in [5.74, 6) is 1.42. The van der Waals surface area contributed by atoms with Crippen LogP contribution in [0.2, 0.25) is 0 Å². The molecule has 0 aliphatic rings. The summed E-state index contributed by atoms with van der Waals surface area (Å²) < 4.78 is 10.6. The second-order valence-electron chi connectivity index (χ2n) is 5.95. The van der Waals surface area contributed by atoms with Gasteiger partial charge in [-0.15, -0.1) is 0 Å². The standard InChI is InChI=1S/C20H26N2O3/c1-22(14-17-9-10-18(24-2)19(13-17)25-3)15-20(23)21-12-11-16-7-5-4-6-8-16/h4-10,13H,11-12,14-15H2,1-3H3,(H,21,23). The molecule has 0 heterocycles. The Morgan fingerprint density at radius 3 is 2.40 bits per heavy atom. The van der Waals surface area contributed by atoms with E-state index in [9.17, 15) is 4.79 Å². The molecule has 0 aliphatic heterocycles. The fraction of sp³-hybridized carbons (Fsp3) is 0.350. The zero-order valence-electron chi connectivity index (χ0n) is 15.1. The van der Waals surface area contributed by atoms with Gasteiger partial charge < -0.3 is 14.8 Å². The first-order valence-corrected chi connectivity index (χ1v) is 8.32. The van der Waals surface area contributed by atoms with Gasteiger partial charge in [0.2, 0.25) is 5.91 Å². The van der Waals surface area contributed by atoms with Crippen molar-refractivity contribution in [1.82, 2.24) is 10.2 Å². The van der Waals surface area contributed by atoms with Gasteiger partial charge in [0.25, 0.3) is 0 Å². The second-order valence-corrected chi connectivity index (χ2v) is 5.95. The van der Waals surface area contributed by atoms with Gasteiger partial charge in [0.15, 0.2) is 11.5 Å². The number of carbonyl (C=O) groups is 1. The Morgan fingerprint density at radius 1 is 1.00 bits per heavy atom. The molecule has 1 amide bonds. The molecule has 0 unspecified atom stereocenters. The molecule has 0 saturated heterocycles. The number of methoxy groups -OCH3 is 2. The summed E-state index contributed by atoms with van der Waals surface area (Å²) in [4.78, 5) is 14.0. The molecule has 2 aromatic rings. The molecule has 5 heteroatoms. The van der Waals surface area contributed by atoms with Crippen LogP contribution < -0.4 is 14.8 Å². The molecule has 0 radical (unpaired) electrons. The highest BCUT2D eigenvalue weighted by Crippen LogP contribution is 2.27. The molecule has 0 saturated carbocycles. The lowest BCUT2D eigenvalue weighted by molar-refractivity contribution is -0.122. The first-order valence-electron chi connectivity index (χ1n) is 8.32. The molecule has 1 N–H and O–H groups in total. The summed E-state index contributed by atoms with van der Waals surface area (Å²) in [6.07, 6.45) is 0.839. The predicted molar refractivity (Wildman–Crippen MR) is 99.0 cm³/mol. The van der Waals surface area contributed by atoms with Gasteiger partial charge in [0.05, 0.1) is 20.8 Å². The van der Waals surface area contributed by atoms with E-state index in [0.717, 1.165) is 12.0 Å². The van der Waals surface area contributed by atoms with Crippen molar-refractivity contribution in [1.29, 1.82) is 0 Å². The van der Waals surface area contributed by atoms with Gasteiger partial charge in [-0.3, -0.25) is 9.69 Å². The quantitative estimate of drug-likeness (QED) is 0.761. The van der Waals surface area contributed by atoms with Crippen LogP contribution in [0.5, 0.6) is 11.5 Å². The normalized spacial score (nSPS) is 10.6. The Morgan fingerprint density at radius 2 is 1.72 bits per heavy atom. The van der Waals surface area contributed by atoms with Gasteiger partial charge in [0, 0.05) is 13.1 Å². The van der Waals surface area contributed by atoms with E-state index in [0.29, 0.717) is 31.1 Å². The number of benzene rings is 2. The summed E-state index contributed by atoms with van der Waals surface area (Å²) in [7, 11) is 5.16. The van der Waals surface area contributed by atoms with Crippen molar-refractivity contribution >= 4 is 5.91 Å². The van der Waals surface area contributed by atoms with E-state index in [1.54, 1.807) is 14.2 Å². The lowest BCUT2D eigenvalue weighted by atomic mass is 10.1. The van der Waals surface area contributed by atoms with E-state index in [4.69, 9.17) is 9.47 Å². The number of amides is 1. The molecule has 0 atom stereocenters. The Hall–Kier alpha value is -2.53. The van der Waals surface area contributed by atoms with Crippen LogP contribution in [-0.4, -0.2) is 45.2 Å². The van der Waals surface area contributed by atoms with Crippen LogP contribution in [0.25, 0.3) is 0 Å². The largest absolute Gasteiger partial charge is 0.493 e. The number of rotatable bonds is 9. The third kappa shape index (κ3) is 6.12. The van der Waals surface area contributed by atoms with E-state index in [2.05, 4.69) is 17.4 Å². The molecule has 0 bridgehead atoms. The number of carbonyl (C=O) groups excluding carboxylic acids is 1. The summed E-state index contributed by atoms with van der Waals surface area (Å²) in [6, 6.07) is 15.9. The van der Waals surface area contributed by atoms with Crippen molar-refractivity contribution in [3.05, 3.63) is 59.7 Å². The zero-order valence-corrected chi connectivity index (χ0v) is 15.1. The maximum Gasteiger partial charge on any atom is 0.234 e. The predicted octanol–water partition coefficient (Wildman–Crippen LogP) is 2.49. The van der Waals surface area contributed by atoms with Gasteiger partial charge in [-0.2, -0.15) is 0 Å². The van der Waals surface area contributed by atoms with Crippen LogP contribution in [0.15, 0.2) is 48.5 Å². The Balaban J connectivity index is 1.77. The van der Waals surface area contributed by atoms with Crippen LogP contribution in [0.4, 0.5) is 0 Å². The number of ether oxygens (including phenoxy) is 2. The number of nitrogens with zero attached hydrogens (tertiary/aromatic N) is 1. The molecule has 0 aliphatic carbocycles. The second kappa shape index (κ2) is 9.69. The molecular formula is C20H26N2O3. The lowest BCUT2D eigenvalue weighted by Crippen LogP contribution is -2.35. The molecule has 0 fully saturated rings. The topological polar surface area (TPSA) is 50.8 Å². The Kier molecular flexibility index (Phi) is 7.29. The average molecular weight is 342 g/mol. The maximum atomic E-state index is 12.1. The van der Waals surface area contributed by atoms with Crippen molar-refractivity contribution in [2.45, 2.75) is 13.0 Å². The molecular weight excluding hydrogens is 316 g/mol. The first-order chi connectivity index (χ1) is 12.1. The summed E-state index contributed by atoms with van der Waals surface area (Å²) in [5, 5.41) is 2.96. The molecule has 0 aromatic heterocycles. The van der Waals surface area contributed by atoms with Gasteiger partial charge in [-0.1, -0.05) is 36.4 Å². The maximum absolute atomic E-state index is 12.1. The smallest absolute Gasteiger partial charge is 0.234 e. The molecule has 25 heavy (non-hydrogen) atoms. The SMILES string of the molecule is COc1ccc(CN(C)CC(=O)NCCc2ccccc2)cc1OC. The average Bonchev–Trinajstić information content (AvgIpc) is 2.62. The van der Waals surface area contributed by atoms with Crippen LogP contribution in [0.3, 0.4) is 0 Å².